The summed E-state index contributed by atoms with van der Waals surface area (Å²) in [7, 11) is 2.54. The number of fused-ring (bicyclic) bond motifs is 5. The number of hydrogen-bond donors (Lipinski definition) is 5. The van der Waals surface area contributed by atoms with Crippen LogP contribution in [0.15, 0.2) is 17.3 Å². The number of aromatic hydroxyl groups is 4. The zero-order valence-corrected chi connectivity index (χ0v) is 20.4. The molecule has 0 saturated heterocycles. The monoisotopic (exact) mass is 519 g/mol. The highest BCUT2D eigenvalue weighted by atomic mass is 16.6. The van der Waals surface area contributed by atoms with Gasteiger partial charge >= 0.3 is 5.97 Å². The Morgan fingerprint density at radius 1 is 0.895 bits per heavy atom. The normalized spacial score (nSPS) is 13.6. The molecule has 5 rings (SSSR count). The first-order chi connectivity index (χ1) is 18.0. The Kier molecular flexibility index (Phi) is 5.52. The Labute approximate surface area is 214 Å². The van der Waals surface area contributed by atoms with E-state index in [1.165, 1.54) is 27.2 Å². The number of aromatic carboxylic acids is 1. The zero-order valence-electron chi connectivity index (χ0n) is 20.4. The third-order valence-electron chi connectivity index (χ3n) is 7.00. The summed E-state index contributed by atoms with van der Waals surface area (Å²) < 4.78 is 5.55. The number of ether oxygens (including phenoxy) is 1. The molecule has 0 bridgehead atoms. The van der Waals surface area contributed by atoms with Crippen LogP contribution >= 0.6 is 0 Å². The Hall–Kier alpha value is -5.06. The number of methoxy groups -OCH3 is 1. The highest BCUT2D eigenvalue weighted by Crippen LogP contribution is 2.54. The number of benzene rings is 3. The van der Waals surface area contributed by atoms with Gasteiger partial charge in [-0.15, -0.1) is 0 Å². The first kappa shape index (κ1) is 24.6. The van der Waals surface area contributed by atoms with Crippen LogP contribution in [0.4, 0.5) is 0 Å². The van der Waals surface area contributed by atoms with Crippen LogP contribution in [0.5, 0.6) is 28.7 Å². The molecule has 2 aliphatic rings. The van der Waals surface area contributed by atoms with Crippen molar-refractivity contribution < 1.29 is 49.5 Å². The number of phenols is 4. The van der Waals surface area contributed by atoms with E-state index in [4.69, 9.17) is 4.74 Å². The van der Waals surface area contributed by atoms with Crippen molar-refractivity contribution in [1.82, 2.24) is 0 Å². The SMILES string of the molecule is CO/N=C\c1cc2c(c(O)c1C(=O)O)-c1c(O)c3c(c(OC)c1CC2)C(=O)c1c(cc(O)c(C)c1O)C3=O. The number of rotatable bonds is 4. The minimum atomic E-state index is -1.47. The van der Waals surface area contributed by atoms with E-state index < -0.39 is 51.7 Å². The molecule has 3 aromatic carbocycles. The molecule has 0 amide bonds. The van der Waals surface area contributed by atoms with Crippen molar-refractivity contribution >= 4 is 23.8 Å². The molecular weight excluding hydrogens is 498 g/mol. The Morgan fingerprint density at radius 3 is 2.24 bits per heavy atom. The molecule has 0 saturated carbocycles. The number of carboxylic acid groups (broad SMARTS) is 1. The van der Waals surface area contributed by atoms with Crippen molar-refractivity contribution in [3.63, 3.8) is 0 Å². The summed E-state index contributed by atoms with van der Waals surface area (Å²) in [5.41, 5.74) is -1.17. The van der Waals surface area contributed by atoms with Gasteiger partial charge < -0.3 is 35.1 Å². The summed E-state index contributed by atoms with van der Waals surface area (Å²) in [6.07, 6.45) is 1.59. The fraction of sp³-hybridized carbons (Fsp3) is 0.185. The van der Waals surface area contributed by atoms with Gasteiger partial charge in [-0.2, -0.15) is 0 Å². The number of aryl methyl sites for hydroxylation is 1. The number of oxime groups is 1. The zero-order chi connectivity index (χ0) is 27.6. The second kappa shape index (κ2) is 8.51. The van der Waals surface area contributed by atoms with Crippen LogP contribution in [0.3, 0.4) is 0 Å². The van der Waals surface area contributed by atoms with E-state index in [1.807, 2.05) is 0 Å². The second-order valence-corrected chi connectivity index (χ2v) is 8.88. The highest BCUT2D eigenvalue weighted by Gasteiger charge is 2.42. The molecular formula is C27H21NO10. The smallest absolute Gasteiger partial charge is 0.340 e. The van der Waals surface area contributed by atoms with Gasteiger partial charge in [0.1, 0.15) is 41.4 Å². The molecule has 11 nitrogen and oxygen atoms in total. The predicted molar refractivity (Wildman–Crippen MR) is 132 cm³/mol. The summed E-state index contributed by atoms with van der Waals surface area (Å²) in [4.78, 5) is 43.9. The topological polar surface area (TPSA) is 183 Å². The minimum absolute atomic E-state index is 0.00219. The Balaban J connectivity index is 1.88. The van der Waals surface area contributed by atoms with Crippen LogP contribution in [0.2, 0.25) is 0 Å². The lowest BCUT2D eigenvalue weighted by atomic mass is 9.74. The van der Waals surface area contributed by atoms with Gasteiger partial charge in [0.25, 0.3) is 0 Å². The largest absolute Gasteiger partial charge is 0.508 e. The fourth-order valence-electron chi connectivity index (χ4n) is 5.27. The lowest BCUT2D eigenvalue weighted by Crippen LogP contribution is -2.24. The summed E-state index contributed by atoms with van der Waals surface area (Å²) >= 11 is 0. The molecule has 0 spiro atoms. The molecule has 0 fully saturated rings. The van der Waals surface area contributed by atoms with Gasteiger partial charge in [-0.1, -0.05) is 5.16 Å². The number of carboxylic acids is 1. The number of carbonyl (C=O) groups excluding carboxylic acids is 2. The number of ketones is 2. The summed E-state index contributed by atoms with van der Waals surface area (Å²) in [6, 6.07) is 2.52. The van der Waals surface area contributed by atoms with Gasteiger partial charge in [0.2, 0.25) is 5.78 Å². The van der Waals surface area contributed by atoms with Gasteiger partial charge in [0.05, 0.1) is 30.0 Å². The molecule has 194 valence electrons. The van der Waals surface area contributed by atoms with Crippen LogP contribution in [-0.4, -0.2) is 63.5 Å². The Bertz CT molecular complexity index is 1650. The lowest BCUT2D eigenvalue weighted by Gasteiger charge is -2.30. The van der Waals surface area contributed by atoms with Crippen LogP contribution < -0.4 is 4.74 Å². The average molecular weight is 519 g/mol. The maximum absolute atomic E-state index is 13.6. The fourth-order valence-corrected chi connectivity index (χ4v) is 5.27. The molecule has 0 aromatic heterocycles. The summed E-state index contributed by atoms with van der Waals surface area (Å²) in [5.74, 6) is -5.51. The van der Waals surface area contributed by atoms with Crippen molar-refractivity contribution in [2.24, 2.45) is 5.16 Å². The van der Waals surface area contributed by atoms with E-state index >= 15 is 0 Å². The van der Waals surface area contributed by atoms with Gasteiger partial charge in [0, 0.05) is 33.4 Å². The molecule has 0 radical (unpaired) electrons. The van der Waals surface area contributed by atoms with Crippen molar-refractivity contribution in [2.75, 3.05) is 14.2 Å². The second-order valence-electron chi connectivity index (χ2n) is 8.88. The third kappa shape index (κ3) is 3.14. The number of carbonyl (C=O) groups is 3. The summed E-state index contributed by atoms with van der Waals surface area (Å²) in [6.45, 7) is 1.38. The number of nitrogens with zero attached hydrogens (tertiary/aromatic N) is 1. The molecule has 0 heterocycles. The molecule has 0 unspecified atom stereocenters. The summed E-state index contributed by atoms with van der Waals surface area (Å²) in [5, 5.41) is 56.8. The lowest BCUT2D eigenvalue weighted by molar-refractivity contribution is 0.0693. The molecule has 0 aliphatic heterocycles. The minimum Gasteiger partial charge on any atom is -0.508 e. The van der Waals surface area contributed by atoms with Crippen molar-refractivity contribution in [2.45, 2.75) is 19.8 Å². The van der Waals surface area contributed by atoms with Gasteiger partial charge in [-0.25, -0.2) is 4.79 Å². The van der Waals surface area contributed by atoms with E-state index in [1.54, 1.807) is 0 Å². The van der Waals surface area contributed by atoms with Crippen LogP contribution in [0, 0.1) is 6.92 Å². The molecule has 11 heteroatoms. The van der Waals surface area contributed by atoms with E-state index in [0.29, 0.717) is 5.56 Å². The molecule has 38 heavy (non-hydrogen) atoms. The molecule has 3 aromatic rings. The maximum atomic E-state index is 13.6. The number of hydrogen-bond acceptors (Lipinski definition) is 10. The first-order valence-corrected chi connectivity index (χ1v) is 11.3. The molecule has 0 atom stereocenters. The van der Waals surface area contributed by atoms with E-state index in [-0.39, 0.29) is 63.1 Å². The highest BCUT2D eigenvalue weighted by molar-refractivity contribution is 6.32. The van der Waals surface area contributed by atoms with Gasteiger partial charge in [0.15, 0.2) is 5.78 Å². The molecule has 2 aliphatic carbocycles. The Morgan fingerprint density at radius 2 is 1.61 bits per heavy atom. The number of phenolic OH excluding ortho intramolecular Hbond substituents is 3. The van der Waals surface area contributed by atoms with Crippen LogP contribution in [-0.2, 0) is 17.7 Å². The van der Waals surface area contributed by atoms with E-state index in [2.05, 4.69) is 9.99 Å². The molecule has 5 N–H and O–H groups in total. The third-order valence-corrected chi connectivity index (χ3v) is 7.00. The standard InChI is InChI=1S/C27H21NO10/c1-9-14(29)7-13-18(21(9)30)25(34)20-19(22(13)31)24(33)17-12(26(20)37-2)5-4-10-6-11(8-28-38-3)16(27(35)36)23(32)15(10)17/h6-8,29-30,32-33H,4-5H2,1-3H3,(H,35,36)/b28-8-. The van der Waals surface area contributed by atoms with E-state index in [0.717, 1.165) is 12.3 Å². The predicted octanol–water partition coefficient (Wildman–Crippen LogP) is 3.05. The van der Waals surface area contributed by atoms with Gasteiger partial charge in [-0.3, -0.25) is 9.59 Å². The van der Waals surface area contributed by atoms with Crippen molar-refractivity contribution in [1.29, 1.82) is 0 Å². The average Bonchev–Trinajstić information content (AvgIpc) is 2.88. The van der Waals surface area contributed by atoms with Crippen molar-refractivity contribution in [3.8, 4) is 39.9 Å². The van der Waals surface area contributed by atoms with Crippen LogP contribution in [0.1, 0.15) is 64.5 Å². The maximum Gasteiger partial charge on any atom is 0.340 e. The van der Waals surface area contributed by atoms with E-state index in [9.17, 15) is 39.9 Å². The van der Waals surface area contributed by atoms with Crippen molar-refractivity contribution in [3.05, 3.63) is 62.2 Å². The first-order valence-electron chi connectivity index (χ1n) is 11.3. The van der Waals surface area contributed by atoms with Gasteiger partial charge in [-0.05, 0) is 37.5 Å². The quantitative estimate of drug-likeness (QED) is 0.198. The van der Waals surface area contributed by atoms with Crippen LogP contribution in [0.25, 0.3) is 11.1 Å².